The molecule has 4 heteroatoms. The predicted molar refractivity (Wildman–Crippen MR) is 62.6 cm³/mol. The van der Waals surface area contributed by atoms with Crippen LogP contribution in [-0.2, 0) is 0 Å². The Bertz CT molecular complexity index is 497. The molecule has 0 spiro atoms. The minimum atomic E-state index is 0.552. The van der Waals surface area contributed by atoms with Crippen LogP contribution in [0.25, 0.3) is 5.78 Å². The molecule has 4 nitrogen and oxygen atoms in total. The lowest BCUT2D eigenvalue weighted by Gasteiger charge is -2.20. The minimum Gasteiger partial charge on any atom is -0.316 e. The zero-order valence-corrected chi connectivity index (χ0v) is 9.48. The molecule has 3 heterocycles. The largest absolute Gasteiger partial charge is 0.316 e. The van der Waals surface area contributed by atoms with Crippen LogP contribution in [0.15, 0.2) is 18.6 Å². The van der Waals surface area contributed by atoms with Crippen molar-refractivity contribution in [3.8, 4) is 0 Å². The number of hydrogen-bond acceptors (Lipinski definition) is 3. The molecule has 3 rings (SSSR count). The van der Waals surface area contributed by atoms with Gasteiger partial charge in [0.2, 0.25) is 5.78 Å². The summed E-state index contributed by atoms with van der Waals surface area (Å²) in [6.45, 7) is 4.23. The van der Waals surface area contributed by atoms with Crippen molar-refractivity contribution in [3.63, 3.8) is 0 Å². The molecule has 16 heavy (non-hydrogen) atoms. The zero-order chi connectivity index (χ0) is 11.0. The molecular formula is C12H16N4. The Morgan fingerprint density at radius 2 is 2.38 bits per heavy atom. The highest BCUT2D eigenvalue weighted by Gasteiger charge is 2.18. The first-order valence-electron chi connectivity index (χ1n) is 5.85. The van der Waals surface area contributed by atoms with Crippen molar-refractivity contribution in [2.24, 2.45) is 0 Å². The number of nitrogens with one attached hydrogen (secondary N) is 1. The highest BCUT2D eigenvalue weighted by atomic mass is 15.1. The maximum atomic E-state index is 4.59. The molecule has 2 aromatic heterocycles. The van der Waals surface area contributed by atoms with Crippen LogP contribution in [0, 0.1) is 6.92 Å². The van der Waals surface area contributed by atoms with Gasteiger partial charge in [0.25, 0.3) is 0 Å². The summed E-state index contributed by atoms with van der Waals surface area (Å²) in [5, 5.41) is 3.42. The fraction of sp³-hybridized carbons (Fsp3) is 0.500. The average molecular weight is 216 g/mol. The number of aryl methyl sites for hydroxylation is 1. The maximum Gasteiger partial charge on any atom is 0.233 e. The van der Waals surface area contributed by atoms with E-state index in [2.05, 4.69) is 27.7 Å². The summed E-state index contributed by atoms with van der Waals surface area (Å²) in [7, 11) is 0. The topological polar surface area (TPSA) is 42.2 Å². The molecule has 1 N–H and O–H groups in total. The van der Waals surface area contributed by atoms with E-state index in [0.717, 1.165) is 18.9 Å². The van der Waals surface area contributed by atoms with Crippen molar-refractivity contribution in [1.82, 2.24) is 19.7 Å². The normalized spacial score (nSPS) is 21.4. The number of hydrogen-bond donors (Lipinski definition) is 1. The molecule has 1 atom stereocenters. The van der Waals surface area contributed by atoms with Gasteiger partial charge in [-0.2, -0.15) is 0 Å². The lowest BCUT2D eigenvalue weighted by Crippen LogP contribution is -2.28. The van der Waals surface area contributed by atoms with E-state index < -0.39 is 0 Å². The molecule has 1 saturated heterocycles. The number of piperidine rings is 1. The van der Waals surface area contributed by atoms with E-state index in [9.17, 15) is 0 Å². The first-order chi connectivity index (χ1) is 7.83. The second kappa shape index (κ2) is 3.87. The molecule has 1 aliphatic heterocycles. The van der Waals surface area contributed by atoms with E-state index >= 15 is 0 Å². The molecule has 1 aliphatic rings. The van der Waals surface area contributed by atoms with E-state index in [0.29, 0.717) is 5.92 Å². The SMILES string of the molecule is Cc1cnc2nc(C3CCCNC3)cn2c1. The summed E-state index contributed by atoms with van der Waals surface area (Å²) in [4.78, 5) is 8.92. The summed E-state index contributed by atoms with van der Waals surface area (Å²) in [5.41, 5.74) is 2.34. The number of aromatic nitrogens is 3. The Kier molecular flexibility index (Phi) is 2.36. The maximum absolute atomic E-state index is 4.59. The second-order valence-corrected chi connectivity index (χ2v) is 4.55. The Morgan fingerprint density at radius 1 is 1.44 bits per heavy atom. The quantitative estimate of drug-likeness (QED) is 0.785. The third-order valence-corrected chi connectivity index (χ3v) is 3.17. The molecule has 0 radical (unpaired) electrons. The zero-order valence-electron chi connectivity index (χ0n) is 9.48. The molecule has 1 fully saturated rings. The van der Waals surface area contributed by atoms with E-state index in [1.807, 2.05) is 17.5 Å². The van der Waals surface area contributed by atoms with Crippen molar-refractivity contribution in [1.29, 1.82) is 0 Å². The van der Waals surface area contributed by atoms with Crippen molar-refractivity contribution in [3.05, 3.63) is 29.8 Å². The van der Waals surface area contributed by atoms with Crippen LogP contribution in [0.2, 0.25) is 0 Å². The average Bonchev–Trinajstić information content (AvgIpc) is 2.73. The molecule has 0 saturated carbocycles. The molecule has 0 amide bonds. The van der Waals surface area contributed by atoms with Crippen LogP contribution in [0.4, 0.5) is 0 Å². The van der Waals surface area contributed by atoms with Gasteiger partial charge in [0.05, 0.1) is 5.69 Å². The number of fused-ring (bicyclic) bond motifs is 1. The van der Waals surface area contributed by atoms with Gasteiger partial charge in [0.1, 0.15) is 0 Å². The third kappa shape index (κ3) is 1.69. The molecule has 2 aromatic rings. The highest BCUT2D eigenvalue weighted by molar-refractivity contribution is 5.32. The van der Waals surface area contributed by atoms with Gasteiger partial charge in [-0.3, -0.25) is 4.40 Å². The van der Waals surface area contributed by atoms with Crippen molar-refractivity contribution in [2.75, 3.05) is 13.1 Å². The van der Waals surface area contributed by atoms with Gasteiger partial charge in [-0.25, -0.2) is 9.97 Å². The Labute approximate surface area is 94.7 Å². The van der Waals surface area contributed by atoms with Gasteiger partial charge in [-0.15, -0.1) is 0 Å². The Morgan fingerprint density at radius 3 is 3.19 bits per heavy atom. The summed E-state index contributed by atoms with van der Waals surface area (Å²) in [5.74, 6) is 1.36. The monoisotopic (exact) mass is 216 g/mol. The first-order valence-corrected chi connectivity index (χ1v) is 5.85. The van der Waals surface area contributed by atoms with E-state index in [-0.39, 0.29) is 0 Å². The molecular weight excluding hydrogens is 200 g/mol. The molecule has 0 bridgehead atoms. The van der Waals surface area contributed by atoms with Crippen molar-refractivity contribution in [2.45, 2.75) is 25.7 Å². The third-order valence-electron chi connectivity index (χ3n) is 3.17. The second-order valence-electron chi connectivity index (χ2n) is 4.55. The van der Waals surface area contributed by atoms with Crippen LogP contribution in [-0.4, -0.2) is 27.5 Å². The number of nitrogens with zero attached hydrogens (tertiary/aromatic N) is 3. The van der Waals surface area contributed by atoms with E-state index in [4.69, 9.17) is 0 Å². The summed E-state index contributed by atoms with van der Waals surface area (Å²) in [6, 6.07) is 0. The van der Waals surface area contributed by atoms with E-state index in [1.54, 1.807) is 0 Å². The lowest BCUT2D eigenvalue weighted by atomic mass is 9.97. The summed E-state index contributed by atoms with van der Waals surface area (Å²) < 4.78 is 2.03. The summed E-state index contributed by atoms with van der Waals surface area (Å²) in [6.07, 6.45) is 8.54. The molecule has 1 unspecified atom stereocenters. The standard InChI is InChI=1S/C12H16N4/c1-9-5-14-12-15-11(8-16(12)7-9)10-3-2-4-13-6-10/h5,7-8,10,13H,2-4,6H2,1H3. The van der Waals surface area contributed by atoms with Gasteiger partial charge >= 0.3 is 0 Å². The smallest absolute Gasteiger partial charge is 0.233 e. The minimum absolute atomic E-state index is 0.552. The van der Waals surface area contributed by atoms with Gasteiger partial charge in [0, 0.05) is 31.1 Å². The predicted octanol–water partition coefficient (Wildman–Crippen LogP) is 1.50. The lowest BCUT2D eigenvalue weighted by molar-refractivity contribution is 0.456. The fourth-order valence-corrected chi connectivity index (χ4v) is 2.31. The van der Waals surface area contributed by atoms with Crippen LogP contribution in [0.3, 0.4) is 0 Å². The highest BCUT2D eigenvalue weighted by Crippen LogP contribution is 2.22. The van der Waals surface area contributed by atoms with Gasteiger partial charge in [0.15, 0.2) is 0 Å². The van der Waals surface area contributed by atoms with E-state index in [1.165, 1.54) is 24.1 Å². The van der Waals surface area contributed by atoms with Crippen molar-refractivity contribution < 1.29 is 0 Å². The van der Waals surface area contributed by atoms with Crippen molar-refractivity contribution >= 4 is 5.78 Å². The van der Waals surface area contributed by atoms with Gasteiger partial charge in [-0.05, 0) is 31.9 Å². The van der Waals surface area contributed by atoms with Gasteiger partial charge in [-0.1, -0.05) is 0 Å². The Hall–Kier alpha value is -1.42. The molecule has 0 aliphatic carbocycles. The van der Waals surface area contributed by atoms with Crippen LogP contribution >= 0.6 is 0 Å². The van der Waals surface area contributed by atoms with Crippen LogP contribution in [0.1, 0.15) is 30.0 Å². The number of imidazole rings is 1. The Balaban J connectivity index is 1.97. The first kappa shape index (κ1) is 9.78. The molecule has 84 valence electrons. The molecule has 0 aromatic carbocycles. The number of rotatable bonds is 1. The van der Waals surface area contributed by atoms with Crippen LogP contribution < -0.4 is 5.32 Å². The van der Waals surface area contributed by atoms with Gasteiger partial charge < -0.3 is 5.32 Å². The van der Waals surface area contributed by atoms with Crippen LogP contribution in [0.5, 0.6) is 0 Å². The summed E-state index contributed by atoms with van der Waals surface area (Å²) >= 11 is 0. The fourth-order valence-electron chi connectivity index (χ4n) is 2.31.